The molecule has 1 atom stereocenters. The summed E-state index contributed by atoms with van der Waals surface area (Å²) < 4.78 is 0. The third-order valence-corrected chi connectivity index (χ3v) is 4.78. The maximum Gasteiger partial charge on any atom is 0.243 e. The first-order valence-electron chi connectivity index (χ1n) is 7.31. The lowest BCUT2D eigenvalue weighted by atomic mass is 10.0. The third kappa shape index (κ3) is 3.49. The number of nitrogens with zero attached hydrogens (tertiary/aromatic N) is 1. The van der Waals surface area contributed by atoms with Crippen molar-refractivity contribution in [1.29, 1.82) is 0 Å². The van der Waals surface area contributed by atoms with Gasteiger partial charge in [-0.25, -0.2) is 4.98 Å². The second-order valence-corrected chi connectivity index (χ2v) is 6.47. The van der Waals surface area contributed by atoms with Crippen LogP contribution in [0.15, 0.2) is 30.3 Å². The first-order chi connectivity index (χ1) is 10.2. The summed E-state index contributed by atoms with van der Waals surface area (Å²) in [5.74, 6) is -0.162. The second kappa shape index (κ2) is 6.37. The second-order valence-electron chi connectivity index (χ2n) is 5.38. The number of aromatic nitrogens is 1. The van der Waals surface area contributed by atoms with Crippen LogP contribution >= 0.6 is 11.3 Å². The van der Waals surface area contributed by atoms with Crippen molar-refractivity contribution in [2.75, 3.05) is 5.32 Å². The van der Waals surface area contributed by atoms with E-state index in [1.807, 2.05) is 30.3 Å². The van der Waals surface area contributed by atoms with E-state index in [0.717, 1.165) is 24.1 Å². The zero-order chi connectivity index (χ0) is 14.7. The Labute approximate surface area is 128 Å². The third-order valence-electron chi connectivity index (χ3n) is 3.71. The van der Waals surface area contributed by atoms with Crippen LogP contribution in [0.25, 0.3) is 0 Å². The van der Waals surface area contributed by atoms with Crippen LogP contribution in [-0.2, 0) is 24.1 Å². The number of carbonyl (C=O) groups is 1. The van der Waals surface area contributed by atoms with Crippen molar-refractivity contribution in [1.82, 2.24) is 4.98 Å². The summed E-state index contributed by atoms with van der Waals surface area (Å²) in [6.07, 6.45) is 5.06. The summed E-state index contributed by atoms with van der Waals surface area (Å²) in [4.78, 5) is 18.0. The quantitative estimate of drug-likeness (QED) is 0.912. The fraction of sp³-hybridized carbons (Fsp3) is 0.375. The molecule has 1 aliphatic rings. The lowest BCUT2D eigenvalue weighted by Gasteiger charge is -2.10. The summed E-state index contributed by atoms with van der Waals surface area (Å²) in [6.45, 7) is 0. The van der Waals surface area contributed by atoms with Crippen LogP contribution in [0.1, 0.15) is 29.0 Å². The van der Waals surface area contributed by atoms with Gasteiger partial charge in [-0.3, -0.25) is 4.79 Å². The van der Waals surface area contributed by atoms with E-state index in [4.69, 9.17) is 5.73 Å². The van der Waals surface area contributed by atoms with Gasteiger partial charge in [-0.2, -0.15) is 0 Å². The average molecular weight is 301 g/mol. The number of aryl methyl sites for hydroxylation is 2. The van der Waals surface area contributed by atoms with Gasteiger partial charge in [0.25, 0.3) is 0 Å². The molecule has 0 saturated carbocycles. The Balaban J connectivity index is 1.61. The zero-order valence-electron chi connectivity index (χ0n) is 11.8. The molecule has 3 rings (SSSR count). The Hall–Kier alpha value is -1.72. The molecular weight excluding hydrogens is 282 g/mol. The van der Waals surface area contributed by atoms with Crippen LogP contribution in [-0.4, -0.2) is 16.9 Å². The zero-order valence-corrected chi connectivity index (χ0v) is 12.7. The molecule has 21 heavy (non-hydrogen) atoms. The highest BCUT2D eigenvalue weighted by molar-refractivity contribution is 7.15. The Morgan fingerprint density at radius 1 is 1.29 bits per heavy atom. The Kier molecular flexibility index (Phi) is 4.31. The smallest absolute Gasteiger partial charge is 0.243 e. The maximum atomic E-state index is 12.2. The van der Waals surface area contributed by atoms with Gasteiger partial charge in [0.05, 0.1) is 11.7 Å². The minimum Gasteiger partial charge on any atom is -0.320 e. The molecule has 0 fully saturated rings. The number of anilines is 1. The number of carbonyl (C=O) groups excluding carboxylic acids is 1. The molecule has 0 saturated heterocycles. The topological polar surface area (TPSA) is 68.0 Å². The predicted molar refractivity (Wildman–Crippen MR) is 85.5 cm³/mol. The van der Waals surface area contributed by atoms with E-state index >= 15 is 0 Å². The number of thiazole rings is 1. The minimum absolute atomic E-state index is 0.162. The molecule has 1 amide bonds. The van der Waals surface area contributed by atoms with Crippen LogP contribution in [0.4, 0.5) is 5.13 Å². The van der Waals surface area contributed by atoms with Crippen molar-refractivity contribution in [2.24, 2.45) is 5.73 Å². The maximum absolute atomic E-state index is 12.2. The number of rotatable bonds is 4. The van der Waals surface area contributed by atoms with E-state index in [9.17, 15) is 4.79 Å². The highest BCUT2D eigenvalue weighted by Gasteiger charge is 2.19. The highest BCUT2D eigenvalue weighted by Crippen LogP contribution is 2.29. The summed E-state index contributed by atoms with van der Waals surface area (Å²) in [7, 11) is 0. The molecule has 0 bridgehead atoms. The molecule has 0 spiro atoms. The van der Waals surface area contributed by atoms with Gasteiger partial charge >= 0.3 is 0 Å². The molecular formula is C16H19N3OS. The number of hydrogen-bond acceptors (Lipinski definition) is 4. The van der Waals surface area contributed by atoms with E-state index in [1.54, 1.807) is 11.3 Å². The SMILES string of the molecule is NC(Cc1ccccc1)C(=O)Nc1nc2c(s1)CCCC2. The van der Waals surface area contributed by atoms with Crippen molar-refractivity contribution in [2.45, 2.75) is 38.1 Å². The molecule has 1 aliphatic carbocycles. The number of amides is 1. The first kappa shape index (κ1) is 14.2. The number of nitrogens with one attached hydrogen (secondary N) is 1. The minimum atomic E-state index is -0.548. The van der Waals surface area contributed by atoms with E-state index in [0.29, 0.717) is 11.6 Å². The van der Waals surface area contributed by atoms with Crippen LogP contribution in [0.3, 0.4) is 0 Å². The Morgan fingerprint density at radius 3 is 2.81 bits per heavy atom. The number of nitrogens with two attached hydrogens (primary N) is 1. The summed E-state index contributed by atoms with van der Waals surface area (Å²) in [6, 6.07) is 9.27. The van der Waals surface area contributed by atoms with Crippen molar-refractivity contribution < 1.29 is 4.79 Å². The number of benzene rings is 1. The molecule has 1 aromatic carbocycles. The molecule has 1 unspecified atom stereocenters. The van der Waals surface area contributed by atoms with E-state index in [-0.39, 0.29) is 5.91 Å². The summed E-state index contributed by atoms with van der Waals surface area (Å²) in [5, 5.41) is 3.55. The Bertz CT molecular complexity index is 600. The van der Waals surface area contributed by atoms with E-state index in [2.05, 4.69) is 10.3 Å². The van der Waals surface area contributed by atoms with Gasteiger partial charge in [0, 0.05) is 4.88 Å². The molecule has 3 N–H and O–H groups in total. The molecule has 0 aliphatic heterocycles. The number of hydrogen-bond donors (Lipinski definition) is 2. The molecule has 4 nitrogen and oxygen atoms in total. The van der Waals surface area contributed by atoms with Gasteiger partial charge in [0.1, 0.15) is 0 Å². The lowest BCUT2D eigenvalue weighted by molar-refractivity contribution is -0.117. The van der Waals surface area contributed by atoms with Gasteiger partial charge in [0.2, 0.25) is 5.91 Å². The summed E-state index contributed by atoms with van der Waals surface area (Å²) >= 11 is 1.59. The molecule has 1 heterocycles. The normalized spacial score (nSPS) is 15.3. The molecule has 110 valence electrons. The number of fused-ring (bicyclic) bond motifs is 1. The van der Waals surface area contributed by atoms with Gasteiger partial charge in [-0.1, -0.05) is 30.3 Å². The first-order valence-corrected chi connectivity index (χ1v) is 8.13. The molecule has 5 heteroatoms. The monoisotopic (exact) mass is 301 g/mol. The summed E-state index contributed by atoms with van der Waals surface area (Å²) in [5.41, 5.74) is 8.20. The van der Waals surface area contributed by atoms with Gasteiger partial charge in [0.15, 0.2) is 5.13 Å². The van der Waals surface area contributed by atoms with Crippen molar-refractivity contribution in [3.63, 3.8) is 0 Å². The van der Waals surface area contributed by atoms with Crippen LogP contribution in [0.5, 0.6) is 0 Å². The fourth-order valence-corrected chi connectivity index (χ4v) is 3.62. The van der Waals surface area contributed by atoms with Crippen molar-refractivity contribution >= 4 is 22.4 Å². The standard InChI is InChI=1S/C16H19N3OS/c17-12(10-11-6-2-1-3-7-11)15(20)19-16-18-13-8-4-5-9-14(13)21-16/h1-3,6-7,12H,4-5,8-10,17H2,(H,18,19,20). The Morgan fingerprint density at radius 2 is 2.05 bits per heavy atom. The van der Waals surface area contributed by atoms with Gasteiger partial charge in [-0.15, -0.1) is 11.3 Å². The van der Waals surface area contributed by atoms with Crippen molar-refractivity contribution in [3.05, 3.63) is 46.5 Å². The molecule has 0 radical (unpaired) electrons. The molecule has 2 aromatic rings. The van der Waals surface area contributed by atoms with Crippen molar-refractivity contribution in [3.8, 4) is 0 Å². The van der Waals surface area contributed by atoms with Gasteiger partial charge in [-0.05, 0) is 37.7 Å². The van der Waals surface area contributed by atoms with Crippen LogP contribution in [0, 0.1) is 0 Å². The fourth-order valence-electron chi connectivity index (χ4n) is 2.56. The van der Waals surface area contributed by atoms with E-state index in [1.165, 1.54) is 17.7 Å². The van der Waals surface area contributed by atoms with Crippen LogP contribution < -0.4 is 11.1 Å². The highest BCUT2D eigenvalue weighted by atomic mass is 32.1. The largest absolute Gasteiger partial charge is 0.320 e. The van der Waals surface area contributed by atoms with Gasteiger partial charge < -0.3 is 11.1 Å². The van der Waals surface area contributed by atoms with E-state index < -0.39 is 6.04 Å². The average Bonchev–Trinajstić information content (AvgIpc) is 2.90. The molecule has 1 aromatic heterocycles. The lowest BCUT2D eigenvalue weighted by Crippen LogP contribution is -2.37. The van der Waals surface area contributed by atoms with Crippen LogP contribution in [0.2, 0.25) is 0 Å². The predicted octanol–water partition coefficient (Wildman–Crippen LogP) is 2.53.